The maximum Gasteiger partial charge on any atom is 0.334 e. The quantitative estimate of drug-likeness (QED) is 0.403. The number of carbonyl (C=O) groups is 1. The van der Waals surface area contributed by atoms with Crippen LogP contribution in [0.2, 0.25) is 0 Å². The van der Waals surface area contributed by atoms with Gasteiger partial charge in [-0.2, -0.15) is 0 Å². The van der Waals surface area contributed by atoms with Crippen LogP contribution in [0.15, 0.2) is 47.6 Å². The Balaban J connectivity index is 2.52. The van der Waals surface area contributed by atoms with Gasteiger partial charge >= 0.3 is 5.97 Å². The summed E-state index contributed by atoms with van der Waals surface area (Å²) in [6, 6.07) is 0. The molecule has 1 rings (SSSR count). The minimum atomic E-state index is -0.889. The summed E-state index contributed by atoms with van der Waals surface area (Å²) in [6.07, 6.45) is 11.3. The van der Waals surface area contributed by atoms with E-state index in [9.17, 15) is 9.90 Å². The molecule has 0 aromatic carbocycles. The lowest BCUT2D eigenvalue weighted by atomic mass is 9.99. The first-order chi connectivity index (χ1) is 10.7. The summed E-state index contributed by atoms with van der Waals surface area (Å²) < 4.78 is 5.40. The first-order valence-electron chi connectivity index (χ1n) is 8.30. The molecule has 3 heteroatoms. The van der Waals surface area contributed by atoms with Crippen molar-refractivity contribution in [3.8, 4) is 0 Å². The van der Waals surface area contributed by atoms with E-state index in [1.54, 1.807) is 6.92 Å². The van der Waals surface area contributed by atoms with Crippen LogP contribution in [-0.4, -0.2) is 22.8 Å². The zero-order valence-corrected chi connectivity index (χ0v) is 14.9. The Morgan fingerprint density at radius 2 is 2.09 bits per heavy atom. The molecule has 0 bridgehead atoms. The molecule has 1 aliphatic heterocycles. The molecule has 1 fully saturated rings. The number of hydrogen-bond acceptors (Lipinski definition) is 3. The average molecular weight is 318 g/mol. The number of cyclic esters (lactones) is 1. The normalized spacial score (nSPS) is 22.7. The standard InChI is InChI=1S/C20H30O3/c1-6-20(5,22)12-8-11-17-14-18(23-19(17)21)13-16(4)10-7-9-15(2)3/h6,9,11,13,18,22H,1,7-8,10,12,14H2,2-5H3/b16-13+,17-11-/t18-,20+/m0/s1. The molecule has 23 heavy (non-hydrogen) atoms. The van der Waals surface area contributed by atoms with Gasteiger partial charge in [0.2, 0.25) is 0 Å². The van der Waals surface area contributed by atoms with Crippen molar-refractivity contribution in [3.63, 3.8) is 0 Å². The van der Waals surface area contributed by atoms with Crippen LogP contribution in [0.25, 0.3) is 0 Å². The molecular weight excluding hydrogens is 288 g/mol. The van der Waals surface area contributed by atoms with Gasteiger partial charge in [0.15, 0.2) is 0 Å². The highest BCUT2D eigenvalue weighted by Crippen LogP contribution is 2.25. The average Bonchev–Trinajstić information content (AvgIpc) is 2.78. The van der Waals surface area contributed by atoms with E-state index >= 15 is 0 Å². The SMILES string of the molecule is C=C[C@@](C)(O)CC/C=C1/C[C@H](/C=C(\C)CCC=C(C)C)OC1=O. The lowest BCUT2D eigenvalue weighted by Gasteiger charge is -2.16. The molecule has 0 radical (unpaired) electrons. The lowest BCUT2D eigenvalue weighted by molar-refractivity contribution is -0.137. The van der Waals surface area contributed by atoms with E-state index < -0.39 is 5.60 Å². The molecule has 1 heterocycles. The van der Waals surface area contributed by atoms with Crippen molar-refractivity contribution in [2.45, 2.75) is 71.5 Å². The molecule has 0 aliphatic carbocycles. The van der Waals surface area contributed by atoms with Gasteiger partial charge in [-0.3, -0.25) is 0 Å². The second-order valence-electron chi connectivity index (χ2n) is 6.81. The van der Waals surface area contributed by atoms with Gasteiger partial charge in [-0.1, -0.05) is 29.4 Å². The van der Waals surface area contributed by atoms with Crippen molar-refractivity contribution in [2.75, 3.05) is 0 Å². The van der Waals surface area contributed by atoms with Crippen molar-refractivity contribution in [1.29, 1.82) is 0 Å². The number of hydrogen-bond donors (Lipinski definition) is 1. The van der Waals surface area contributed by atoms with Crippen molar-refractivity contribution in [1.82, 2.24) is 0 Å². The van der Waals surface area contributed by atoms with Crippen LogP contribution in [0.1, 0.15) is 59.8 Å². The topological polar surface area (TPSA) is 46.5 Å². The molecule has 0 aromatic heterocycles. The molecule has 0 amide bonds. The summed E-state index contributed by atoms with van der Waals surface area (Å²) in [6.45, 7) is 11.6. The second-order valence-corrected chi connectivity index (χ2v) is 6.81. The first-order valence-corrected chi connectivity index (χ1v) is 8.30. The van der Waals surface area contributed by atoms with Gasteiger partial charge in [-0.15, -0.1) is 6.58 Å². The molecule has 0 saturated carbocycles. The van der Waals surface area contributed by atoms with E-state index in [-0.39, 0.29) is 12.1 Å². The summed E-state index contributed by atoms with van der Waals surface area (Å²) in [5, 5.41) is 9.88. The molecule has 2 atom stereocenters. The molecule has 1 saturated heterocycles. The number of rotatable bonds is 8. The maximum atomic E-state index is 11.9. The van der Waals surface area contributed by atoms with E-state index in [1.165, 1.54) is 17.2 Å². The monoisotopic (exact) mass is 318 g/mol. The minimum absolute atomic E-state index is 0.152. The molecule has 1 N–H and O–H groups in total. The summed E-state index contributed by atoms with van der Waals surface area (Å²) in [4.78, 5) is 11.9. The first kappa shape index (κ1) is 19.4. The van der Waals surface area contributed by atoms with Gasteiger partial charge < -0.3 is 9.84 Å². The van der Waals surface area contributed by atoms with Gasteiger partial charge in [-0.05, 0) is 59.5 Å². The van der Waals surface area contributed by atoms with Crippen molar-refractivity contribution in [3.05, 3.63) is 47.6 Å². The van der Waals surface area contributed by atoms with Gasteiger partial charge in [-0.25, -0.2) is 4.79 Å². The summed E-state index contributed by atoms with van der Waals surface area (Å²) in [5.41, 5.74) is 2.39. The van der Waals surface area contributed by atoms with E-state index in [0.717, 1.165) is 12.8 Å². The van der Waals surface area contributed by atoms with Crippen LogP contribution in [0.3, 0.4) is 0 Å². The highest BCUT2D eigenvalue weighted by molar-refractivity contribution is 5.90. The minimum Gasteiger partial charge on any atom is -0.454 e. The number of carbonyl (C=O) groups excluding carboxylic acids is 1. The Morgan fingerprint density at radius 1 is 1.39 bits per heavy atom. The highest BCUT2D eigenvalue weighted by atomic mass is 16.5. The van der Waals surface area contributed by atoms with E-state index in [0.29, 0.717) is 24.8 Å². The zero-order valence-electron chi connectivity index (χ0n) is 14.9. The van der Waals surface area contributed by atoms with Crippen LogP contribution >= 0.6 is 0 Å². The zero-order chi connectivity index (χ0) is 17.5. The molecular formula is C20H30O3. The largest absolute Gasteiger partial charge is 0.454 e. The molecule has 128 valence electrons. The number of esters is 1. The smallest absolute Gasteiger partial charge is 0.334 e. The van der Waals surface area contributed by atoms with Gasteiger partial charge in [0.25, 0.3) is 0 Å². The Bertz CT molecular complexity index is 517. The van der Waals surface area contributed by atoms with Crippen LogP contribution in [0.5, 0.6) is 0 Å². The Labute approximate surface area is 140 Å². The van der Waals surface area contributed by atoms with Crippen LogP contribution in [-0.2, 0) is 9.53 Å². The predicted molar refractivity (Wildman–Crippen MR) is 95.1 cm³/mol. The van der Waals surface area contributed by atoms with Crippen molar-refractivity contribution in [2.24, 2.45) is 0 Å². The van der Waals surface area contributed by atoms with Crippen molar-refractivity contribution >= 4 is 5.97 Å². The molecule has 0 aromatic rings. The van der Waals surface area contributed by atoms with Crippen LogP contribution in [0, 0.1) is 0 Å². The molecule has 0 spiro atoms. The third kappa shape index (κ3) is 7.47. The summed E-state index contributed by atoms with van der Waals surface area (Å²) in [7, 11) is 0. The summed E-state index contributed by atoms with van der Waals surface area (Å²) >= 11 is 0. The predicted octanol–water partition coefficient (Wildman–Crippen LogP) is 4.64. The Hall–Kier alpha value is -1.61. The third-order valence-electron chi connectivity index (χ3n) is 3.98. The van der Waals surface area contributed by atoms with E-state index in [1.807, 2.05) is 6.08 Å². The van der Waals surface area contributed by atoms with Gasteiger partial charge in [0.1, 0.15) is 6.10 Å². The Morgan fingerprint density at radius 3 is 2.70 bits per heavy atom. The Kier molecular flexibility index (Phi) is 7.50. The number of ether oxygens (including phenoxy) is 1. The number of allylic oxidation sites excluding steroid dienone is 4. The summed E-state index contributed by atoms with van der Waals surface area (Å²) in [5.74, 6) is -0.235. The van der Waals surface area contributed by atoms with Crippen LogP contribution in [0.4, 0.5) is 0 Å². The van der Waals surface area contributed by atoms with Gasteiger partial charge in [0, 0.05) is 12.0 Å². The molecule has 1 aliphatic rings. The van der Waals surface area contributed by atoms with Gasteiger partial charge in [0.05, 0.1) is 5.60 Å². The fraction of sp³-hybridized carbons (Fsp3) is 0.550. The fourth-order valence-electron chi connectivity index (χ4n) is 2.44. The molecule has 3 nitrogen and oxygen atoms in total. The second kappa shape index (κ2) is 8.88. The van der Waals surface area contributed by atoms with Crippen LogP contribution < -0.4 is 0 Å². The highest BCUT2D eigenvalue weighted by Gasteiger charge is 2.27. The lowest BCUT2D eigenvalue weighted by Crippen LogP contribution is -2.19. The van der Waals surface area contributed by atoms with E-state index in [4.69, 9.17) is 4.74 Å². The van der Waals surface area contributed by atoms with E-state index in [2.05, 4.69) is 39.5 Å². The number of aliphatic hydroxyl groups is 1. The molecule has 0 unspecified atom stereocenters. The maximum absolute atomic E-state index is 11.9. The third-order valence-corrected chi connectivity index (χ3v) is 3.98. The fourth-order valence-corrected chi connectivity index (χ4v) is 2.44. The van der Waals surface area contributed by atoms with Crippen molar-refractivity contribution < 1.29 is 14.6 Å².